The quantitative estimate of drug-likeness (QED) is 0.801. The summed E-state index contributed by atoms with van der Waals surface area (Å²) in [6, 6.07) is 3.12. The van der Waals surface area contributed by atoms with Crippen LogP contribution in [0.4, 0.5) is 8.78 Å². The van der Waals surface area contributed by atoms with Gasteiger partial charge in [0.15, 0.2) is 0 Å². The van der Waals surface area contributed by atoms with E-state index in [4.69, 9.17) is 10.00 Å². The molecule has 0 unspecified atom stereocenters. The van der Waals surface area contributed by atoms with E-state index in [-0.39, 0.29) is 17.9 Å². The summed E-state index contributed by atoms with van der Waals surface area (Å²) in [5.41, 5.74) is 0.621. The second-order valence-electron chi connectivity index (χ2n) is 2.94. The third-order valence-corrected chi connectivity index (χ3v) is 2.55. The molecule has 0 saturated heterocycles. The normalized spacial score (nSPS) is 10.2. The summed E-state index contributed by atoms with van der Waals surface area (Å²) < 4.78 is 30.0. The standard InChI is InChI=1S/C10H9BrF2N2O/c1-16-9-4-7(10(12)13)15-8(5-11)6(9)2-3-14/h4,10H,2,5H2,1H3. The van der Waals surface area contributed by atoms with Crippen LogP contribution >= 0.6 is 15.9 Å². The van der Waals surface area contributed by atoms with E-state index >= 15 is 0 Å². The first-order valence-corrected chi connectivity index (χ1v) is 5.54. The molecule has 0 N–H and O–H groups in total. The highest BCUT2D eigenvalue weighted by Gasteiger charge is 2.17. The molecule has 0 aromatic carbocycles. The first kappa shape index (κ1) is 12.8. The van der Waals surface area contributed by atoms with Gasteiger partial charge in [0.25, 0.3) is 6.43 Å². The van der Waals surface area contributed by atoms with E-state index in [1.54, 1.807) is 0 Å². The molecular weight excluding hydrogens is 282 g/mol. The fourth-order valence-electron chi connectivity index (χ4n) is 1.29. The summed E-state index contributed by atoms with van der Waals surface area (Å²) in [5.74, 6) is 0.279. The molecule has 16 heavy (non-hydrogen) atoms. The summed E-state index contributed by atoms with van der Waals surface area (Å²) in [6.45, 7) is 0. The molecule has 0 fully saturated rings. The van der Waals surface area contributed by atoms with Crippen LogP contribution in [0.15, 0.2) is 6.07 Å². The van der Waals surface area contributed by atoms with Crippen LogP contribution in [0, 0.1) is 11.3 Å². The van der Waals surface area contributed by atoms with E-state index in [1.165, 1.54) is 13.2 Å². The highest BCUT2D eigenvalue weighted by Crippen LogP contribution is 2.28. The lowest BCUT2D eigenvalue weighted by Crippen LogP contribution is -2.03. The molecule has 0 aliphatic carbocycles. The Morgan fingerprint density at radius 2 is 2.31 bits per heavy atom. The Bertz CT molecular complexity index is 393. The fourth-order valence-corrected chi connectivity index (χ4v) is 1.76. The van der Waals surface area contributed by atoms with Gasteiger partial charge in [0.05, 0.1) is 25.3 Å². The molecular formula is C10H9BrF2N2O. The van der Waals surface area contributed by atoms with Crippen LogP contribution in [0.2, 0.25) is 0 Å². The van der Waals surface area contributed by atoms with Crippen molar-refractivity contribution in [2.45, 2.75) is 18.2 Å². The Labute approximate surface area is 100 Å². The van der Waals surface area contributed by atoms with Crippen molar-refractivity contribution in [3.8, 4) is 11.8 Å². The number of nitriles is 1. The van der Waals surface area contributed by atoms with E-state index < -0.39 is 6.43 Å². The van der Waals surface area contributed by atoms with Crippen molar-refractivity contribution in [2.24, 2.45) is 0 Å². The van der Waals surface area contributed by atoms with E-state index in [2.05, 4.69) is 20.9 Å². The predicted molar refractivity (Wildman–Crippen MR) is 57.7 cm³/mol. The Hall–Kier alpha value is -1.22. The van der Waals surface area contributed by atoms with Crippen LogP contribution in [-0.2, 0) is 11.8 Å². The molecule has 3 nitrogen and oxygen atoms in total. The van der Waals surface area contributed by atoms with Gasteiger partial charge < -0.3 is 4.74 Å². The smallest absolute Gasteiger partial charge is 0.280 e. The van der Waals surface area contributed by atoms with Gasteiger partial charge in [0.2, 0.25) is 0 Å². The maximum absolute atomic E-state index is 12.5. The first-order valence-electron chi connectivity index (χ1n) is 4.41. The highest BCUT2D eigenvalue weighted by atomic mass is 79.9. The molecule has 1 rings (SSSR count). The topological polar surface area (TPSA) is 45.9 Å². The van der Waals surface area contributed by atoms with Crippen molar-refractivity contribution in [3.05, 3.63) is 23.0 Å². The molecule has 0 aliphatic rings. The van der Waals surface area contributed by atoms with Crippen LogP contribution < -0.4 is 4.74 Å². The number of alkyl halides is 3. The maximum Gasteiger partial charge on any atom is 0.280 e. The van der Waals surface area contributed by atoms with Gasteiger partial charge in [-0.2, -0.15) is 5.26 Å². The summed E-state index contributed by atoms with van der Waals surface area (Å²) in [6.07, 6.45) is -2.57. The highest BCUT2D eigenvalue weighted by molar-refractivity contribution is 9.08. The van der Waals surface area contributed by atoms with Gasteiger partial charge in [-0.15, -0.1) is 0 Å². The van der Waals surface area contributed by atoms with E-state index in [1.807, 2.05) is 6.07 Å². The van der Waals surface area contributed by atoms with Gasteiger partial charge in [-0.25, -0.2) is 8.78 Å². The number of rotatable bonds is 4. The minimum atomic E-state index is -2.65. The van der Waals surface area contributed by atoms with Gasteiger partial charge in [-0.05, 0) is 0 Å². The predicted octanol–water partition coefficient (Wildman–Crippen LogP) is 2.99. The molecule has 0 bridgehead atoms. The Morgan fingerprint density at radius 1 is 1.62 bits per heavy atom. The number of hydrogen-bond donors (Lipinski definition) is 0. The van der Waals surface area contributed by atoms with Crippen molar-refractivity contribution in [1.29, 1.82) is 5.26 Å². The van der Waals surface area contributed by atoms with Gasteiger partial charge >= 0.3 is 0 Å². The Morgan fingerprint density at radius 3 is 2.75 bits per heavy atom. The summed E-state index contributed by atoms with van der Waals surface area (Å²) >= 11 is 3.15. The zero-order chi connectivity index (χ0) is 12.1. The van der Waals surface area contributed by atoms with Gasteiger partial charge in [0, 0.05) is 17.0 Å². The van der Waals surface area contributed by atoms with E-state index in [9.17, 15) is 8.78 Å². The molecule has 1 aromatic rings. The van der Waals surface area contributed by atoms with Crippen LogP contribution in [0.5, 0.6) is 5.75 Å². The summed E-state index contributed by atoms with van der Waals surface area (Å²) in [4.78, 5) is 3.79. The molecule has 0 amide bonds. The minimum Gasteiger partial charge on any atom is -0.496 e. The van der Waals surface area contributed by atoms with Gasteiger partial charge in [-0.1, -0.05) is 15.9 Å². The van der Waals surface area contributed by atoms with Crippen molar-refractivity contribution < 1.29 is 13.5 Å². The van der Waals surface area contributed by atoms with Gasteiger partial charge in [-0.3, -0.25) is 4.98 Å². The SMILES string of the molecule is COc1cc(C(F)F)nc(CBr)c1CC#N. The molecule has 0 spiro atoms. The number of aromatic nitrogens is 1. The zero-order valence-corrected chi connectivity index (χ0v) is 10.1. The van der Waals surface area contributed by atoms with E-state index in [0.29, 0.717) is 16.6 Å². The number of ether oxygens (including phenoxy) is 1. The molecule has 1 heterocycles. The van der Waals surface area contributed by atoms with Crippen molar-refractivity contribution in [2.75, 3.05) is 7.11 Å². The lowest BCUT2D eigenvalue weighted by atomic mass is 10.1. The fraction of sp³-hybridized carbons (Fsp3) is 0.400. The second kappa shape index (κ2) is 5.75. The lowest BCUT2D eigenvalue weighted by molar-refractivity contribution is 0.145. The number of hydrogen-bond acceptors (Lipinski definition) is 3. The van der Waals surface area contributed by atoms with Crippen LogP contribution in [0.1, 0.15) is 23.4 Å². The molecule has 6 heteroatoms. The molecule has 1 aromatic heterocycles. The number of methoxy groups -OCH3 is 1. The zero-order valence-electron chi connectivity index (χ0n) is 8.51. The largest absolute Gasteiger partial charge is 0.496 e. The average molecular weight is 291 g/mol. The van der Waals surface area contributed by atoms with Crippen LogP contribution in [0.25, 0.3) is 0 Å². The van der Waals surface area contributed by atoms with Gasteiger partial charge in [0.1, 0.15) is 11.4 Å². The minimum absolute atomic E-state index is 0.0840. The van der Waals surface area contributed by atoms with Crippen LogP contribution in [0.3, 0.4) is 0 Å². The Balaban J connectivity index is 3.32. The van der Waals surface area contributed by atoms with Crippen LogP contribution in [-0.4, -0.2) is 12.1 Å². The number of pyridine rings is 1. The van der Waals surface area contributed by atoms with Crippen molar-refractivity contribution in [1.82, 2.24) is 4.98 Å². The van der Waals surface area contributed by atoms with Crippen molar-refractivity contribution >= 4 is 15.9 Å². The first-order chi connectivity index (χ1) is 7.63. The third kappa shape index (κ3) is 2.67. The molecule has 0 saturated carbocycles. The summed E-state index contributed by atoms with van der Waals surface area (Å²) in [7, 11) is 1.38. The number of halogens is 3. The third-order valence-electron chi connectivity index (χ3n) is 2.01. The monoisotopic (exact) mass is 290 g/mol. The lowest BCUT2D eigenvalue weighted by Gasteiger charge is -2.11. The number of nitrogens with zero attached hydrogens (tertiary/aromatic N) is 2. The Kier molecular flexibility index (Phi) is 4.62. The molecule has 0 atom stereocenters. The maximum atomic E-state index is 12.5. The molecule has 86 valence electrons. The molecule has 0 aliphatic heterocycles. The molecule has 0 radical (unpaired) electrons. The van der Waals surface area contributed by atoms with E-state index in [0.717, 1.165) is 0 Å². The second-order valence-corrected chi connectivity index (χ2v) is 3.50. The summed E-state index contributed by atoms with van der Waals surface area (Å²) in [5, 5.41) is 8.95. The average Bonchev–Trinajstić information content (AvgIpc) is 2.29. The van der Waals surface area contributed by atoms with Crippen molar-refractivity contribution in [3.63, 3.8) is 0 Å².